The van der Waals surface area contributed by atoms with E-state index >= 15 is 0 Å². The first-order chi connectivity index (χ1) is 9.54. The van der Waals surface area contributed by atoms with E-state index in [0.29, 0.717) is 6.42 Å². The van der Waals surface area contributed by atoms with Gasteiger partial charge in [-0.25, -0.2) is 4.79 Å². The maximum absolute atomic E-state index is 12.3. The molecular weight excluding hydrogens is 276 g/mol. The molecule has 0 aromatic carbocycles. The lowest BCUT2D eigenvalue weighted by atomic mass is 9.98. The number of piperidine rings is 1. The van der Waals surface area contributed by atoms with Crippen molar-refractivity contribution in [1.82, 2.24) is 10.2 Å². The number of hydrogen-bond acceptors (Lipinski definition) is 3. The Morgan fingerprint density at radius 2 is 2.20 bits per heavy atom. The van der Waals surface area contributed by atoms with Gasteiger partial charge in [-0.1, -0.05) is 6.92 Å². The van der Waals surface area contributed by atoms with Crippen LogP contribution in [0, 0.1) is 0 Å². The first-order valence-corrected chi connectivity index (χ1v) is 8.56. The summed E-state index contributed by atoms with van der Waals surface area (Å²) in [5, 5.41) is 11.8. The molecule has 0 spiro atoms. The zero-order valence-corrected chi connectivity index (χ0v) is 13.2. The highest BCUT2D eigenvalue weighted by Crippen LogP contribution is 2.21. The third kappa shape index (κ3) is 6.03. The quantitative estimate of drug-likeness (QED) is 0.758. The third-order valence-corrected chi connectivity index (χ3v) is 4.67. The topological polar surface area (TPSA) is 69.6 Å². The van der Waals surface area contributed by atoms with E-state index in [2.05, 4.69) is 12.2 Å². The molecule has 1 heterocycles. The zero-order valence-electron chi connectivity index (χ0n) is 12.4. The molecule has 0 saturated carbocycles. The van der Waals surface area contributed by atoms with Crippen LogP contribution in [0.15, 0.2) is 0 Å². The van der Waals surface area contributed by atoms with Crippen molar-refractivity contribution in [3.05, 3.63) is 0 Å². The van der Waals surface area contributed by atoms with Gasteiger partial charge in [0, 0.05) is 30.8 Å². The summed E-state index contributed by atoms with van der Waals surface area (Å²) in [5.41, 5.74) is 0. The summed E-state index contributed by atoms with van der Waals surface area (Å²) >= 11 is 1.81. The highest BCUT2D eigenvalue weighted by molar-refractivity contribution is 7.99. The third-order valence-electron chi connectivity index (χ3n) is 3.52. The molecule has 0 radical (unpaired) electrons. The molecule has 6 heteroatoms. The number of thioether (sulfide) groups is 1. The summed E-state index contributed by atoms with van der Waals surface area (Å²) < 4.78 is 0. The lowest BCUT2D eigenvalue weighted by molar-refractivity contribution is -0.137. The van der Waals surface area contributed by atoms with Gasteiger partial charge >= 0.3 is 12.0 Å². The lowest BCUT2D eigenvalue weighted by Gasteiger charge is -2.36. The second-order valence-electron chi connectivity index (χ2n) is 5.29. The molecule has 1 saturated heterocycles. The Hall–Kier alpha value is -0.910. The Kier molecular flexibility index (Phi) is 7.80. The molecule has 0 bridgehead atoms. The number of nitrogens with one attached hydrogen (secondary N) is 1. The van der Waals surface area contributed by atoms with Gasteiger partial charge in [-0.3, -0.25) is 4.79 Å². The summed E-state index contributed by atoms with van der Waals surface area (Å²) in [5.74, 6) is 1.17. The summed E-state index contributed by atoms with van der Waals surface area (Å²) in [4.78, 5) is 24.8. The second-order valence-corrected chi connectivity index (χ2v) is 6.60. The summed E-state index contributed by atoms with van der Waals surface area (Å²) in [6.07, 6.45) is 3.69. The fourth-order valence-corrected chi connectivity index (χ4v) is 3.16. The van der Waals surface area contributed by atoms with Crippen LogP contribution in [0.4, 0.5) is 4.79 Å². The molecule has 2 N–H and O–H groups in total. The molecular formula is C14H26N2O3S. The van der Waals surface area contributed by atoms with Gasteiger partial charge in [0.05, 0.1) is 0 Å². The van der Waals surface area contributed by atoms with Gasteiger partial charge in [0.2, 0.25) is 0 Å². The Balaban J connectivity index is 2.46. The van der Waals surface area contributed by atoms with Crippen molar-refractivity contribution in [2.45, 2.75) is 58.0 Å². The van der Waals surface area contributed by atoms with Gasteiger partial charge in [-0.05, 0) is 38.4 Å². The van der Waals surface area contributed by atoms with E-state index < -0.39 is 5.97 Å². The van der Waals surface area contributed by atoms with Crippen molar-refractivity contribution in [1.29, 1.82) is 0 Å². The number of nitrogens with zero attached hydrogens (tertiary/aromatic N) is 1. The first-order valence-electron chi connectivity index (χ1n) is 7.41. The van der Waals surface area contributed by atoms with E-state index in [9.17, 15) is 9.59 Å². The highest BCUT2D eigenvalue weighted by atomic mass is 32.2. The number of carbonyl (C=O) groups excluding carboxylic acids is 1. The number of hydrogen-bond donors (Lipinski definition) is 2. The minimum atomic E-state index is -0.788. The number of carboxylic acid groups (broad SMARTS) is 1. The average molecular weight is 302 g/mol. The molecule has 1 aliphatic rings. The molecule has 0 aromatic rings. The molecule has 2 atom stereocenters. The molecule has 5 nitrogen and oxygen atoms in total. The average Bonchev–Trinajstić information content (AvgIpc) is 2.43. The molecule has 2 amide bonds. The summed E-state index contributed by atoms with van der Waals surface area (Å²) in [6.45, 7) is 4.85. The molecule has 1 fully saturated rings. The van der Waals surface area contributed by atoms with Crippen molar-refractivity contribution < 1.29 is 14.7 Å². The Morgan fingerprint density at radius 3 is 2.85 bits per heavy atom. The van der Waals surface area contributed by atoms with Crippen molar-refractivity contribution in [2.24, 2.45) is 0 Å². The van der Waals surface area contributed by atoms with E-state index in [0.717, 1.165) is 37.3 Å². The van der Waals surface area contributed by atoms with E-state index in [4.69, 9.17) is 5.11 Å². The number of carboxylic acids is 1. The number of amides is 2. The molecule has 20 heavy (non-hydrogen) atoms. The first kappa shape index (κ1) is 17.1. The molecule has 1 aliphatic heterocycles. The van der Waals surface area contributed by atoms with E-state index in [1.165, 1.54) is 0 Å². The van der Waals surface area contributed by atoms with E-state index in [-0.39, 0.29) is 24.5 Å². The largest absolute Gasteiger partial charge is 0.481 e. The van der Waals surface area contributed by atoms with Gasteiger partial charge in [-0.2, -0.15) is 11.8 Å². The zero-order chi connectivity index (χ0) is 15.0. The smallest absolute Gasteiger partial charge is 0.317 e. The maximum Gasteiger partial charge on any atom is 0.317 e. The van der Waals surface area contributed by atoms with Gasteiger partial charge in [0.1, 0.15) is 0 Å². The van der Waals surface area contributed by atoms with E-state index in [1.807, 2.05) is 23.6 Å². The van der Waals surface area contributed by atoms with Crippen LogP contribution >= 0.6 is 11.8 Å². The van der Waals surface area contributed by atoms with E-state index in [1.54, 1.807) is 0 Å². The fourth-order valence-electron chi connectivity index (χ4n) is 2.49. The normalized spacial score (nSPS) is 20.5. The fraction of sp³-hybridized carbons (Fsp3) is 0.857. The Bertz CT molecular complexity index is 326. The molecule has 0 aliphatic carbocycles. The second kappa shape index (κ2) is 9.10. The number of aliphatic carboxylic acids is 1. The van der Waals surface area contributed by atoms with Gasteiger partial charge in [-0.15, -0.1) is 0 Å². The van der Waals surface area contributed by atoms with Gasteiger partial charge < -0.3 is 15.3 Å². The predicted octanol–water partition coefficient (Wildman–Crippen LogP) is 2.56. The Labute approximate surface area is 125 Å². The molecule has 0 aromatic heterocycles. The van der Waals surface area contributed by atoms with Crippen LogP contribution in [-0.4, -0.2) is 52.1 Å². The lowest BCUT2D eigenvalue weighted by Crippen LogP contribution is -2.51. The van der Waals surface area contributed by atoms with Crippen molar-refractivity contribution >= 4 is 23.8 Å². The number of likely N-dealkylation sites (tertiary alicyclic amines) is 1. The predicted molar refractivity (Wildman–Crippen MR) is 82.2 cm³/mol. The van der Waals surface area contributed by atoms with Crippen molar-refractivity contribution in [2.75, 3.05) is 18.1 Å². The standard InChI is InChI=1S/C14H26N2O3S/c1-3-20-10-11(2)15-14(19)16-9-5-4-6-12(16)7-8-13(17)18/h11-12H,3-10H2,1-2H3,(H,15,19)(H,17,18). The van der Waals surface area contributed by atoms with Gasteiger partial charge in [0.15, 0.2) is 0 Å². The number of urea groups is 1. The van der Waals surface area contributed by atoms with Crippen LogP contribution in [0.1, 0.15) is 46.0 Å². The maximum atomic E-state index is 12.3. The SMILES string of the molecule is CCSCC(C)NC(=O)N1CCCCC1CCC(=O)O. The van der Waals surface area contributed by atoms with Crippen LogP contribution in [0.25, 0.3) is 0 Å². The molecule has 1 rings (SSSR count). The highest BCUT2D eigenvalue weighted by Gasteiger charge is 2.27. The van der Waals surface area contributed by atoms with Crippen molar-refractivity contribution in [3.8, 4) is 0 Å². The van der Waals surface area contributed by atoms with Crippen LogP contribution in [-0.2, 0) is 4.79 Å². The minimum Gasteiger partial charge on any atom is -0.481 e. The number of rotatable bonds is 7. The molecule has 116 valence electrons. The Morgan fingerprint density at radius 1 is 1.45 bits per heavy atom. The van der Waals surface area contributed by atoms with Gasteiger partial charge in [0.25, 0.3) is 0 Å². The van der Waals surface area contributed by atoms with Crippen LogP contribution in [0.2, 0.25) is 0 Å². The van der Waals surface area contributed by atoms with Crippen molar-refractivity contribution in [3.63, 3.8) is 0 Å². The monoisotopic (exact) mass is 302 g/mol. The summed E-state index contributed by atoms with van der Waals surface area (Å²) in [7, 11) is 0. The van der Waals surface area contributed by atoms with Crippen LogP contribution in [0.5, 0.6) is 0 Å². The molecule has 2 unspecified atom stereocenters. The number of carbonyl (C=O) groups is 2. The van der Waals surface area contributed by atoms with Crippen LogP contribution < -0.4 is 5.32 Å². The van der Waals surface area contributed by atoms with Crippen LogP contribution in [0.3, 0.4) is 0 Å². The minimum absolute atomic E-state index is 0.0377. The summed E-state index contributed by atoms with van der Waals surface area (Å²) in [6, 6.07) is 0.185.